The maximum absolute atomic E-state index is 6.10. The van der Waals surface area contributed by atoms with Crippen LogP contribution >= 0.6 is 12.4 Å². The Morgan fingerprint density at radius 2 is 2.07 bits per heavy atom. The van der Waals surface area contributed by atoms with Crippen LogP contribution in [0.2, 0.25) is 0 Å². The molecule has 0 spiro atoms. The summed E-state index contributed by atoms with van der Waals surface area (Å²) in [4.78, 5) is 0. The number of hydrogen-bond acceptors (Lipinski definition) is 3. The first-order valence-corrected chi connectivity index (χ1v) is 4.73. The molecule has 1 aliphatic heterocycles. The van der Waals surface area contributed by atoms with Gasteiger partial charge in [-0.3, -0.25) is 0 Å². The summed E-state index contributed by atoms with van der Waals surface area (Å²) in [6.07, 6.45) is 5.54. The van der Waals surface area contributed by atoms with E-state index in [2.05, 4.69) is 0 Å². The summed E-state index contributed by atoms with van der Waals surface area (Å²) in [5, 5.41) is 0. The quantitative estimate of drug-likeness (QED) is 0.826. The molecule has 2 heterocycles. The molecule has 3 nitrogen and oxygen atoms in total. The van der Waals surface area contributed by atoms with E-state index in [9.17, 15) is 0 Å². The van der Waals surface area contributed by atoms with Gasteiger partial charge in [-0.1, -0.05) is 0 Å². The van der Waals surface area contributed by atoms with E-state index >= 15 is 0 Å². The van der Waals surface area contributed by atoms with Crippen molar-refractivity contribution in [3.8, 4) is 0 Å². The molecule has 0 aliphatic carbocycles. The minimum Gasteiger partial charge on any atom is -0.472 e. The second-order valence-corrected chi connectivity index (χ2v) is 3.53. The molecular weight excluding hydrogens is 202 g/mol. The Balaban J connectivity index is 0.000000980. The van der Waals surface area contributed by atoms with E-state index in [1.54, 1.807) is 12.5 Å². The Labute approximate surface area is 90.0 Å². The predicted octanol–water partition coefficient (Wildman–Crippen LogP) is 2.13. The van der Waals surface area contributed by atoms with Gasteiger partial charge < -0.3 is 14.9 Å². The summed E-state index contributed by atoms with van der Waals surface area (Å²) in [6, 6.07) is 2.06. The van der Waals surface area contributed by atoms with Crippen LogP contribution in [-0.2, 0) is 4.74 Å². The molecular formula is C10H16ClNO2. The van der Waals surface area contributed by atoms with Gasteiger partial charge in [0.05, 0.1) is 12.5 Å². The SMILES string of the molecule is Cl.N[C@H](c1ccoc1)C1CCOCC1. The Morgan fingerprint density at radius 3 is 2.64 bits per heavy atom. The number of nitrogens with two attached hydrogens (primary N) is 1. The molecule has 2 N–H and O–H groups in total. The van der Waals surface area contributed by atoms with Crippen molar-refractivity contribution >= 4 is 12.4 Å². The number of halogens is 1. The summed E-state index contributed by atoms with van der Waals surface area (Å²) in [6.45, 7) is 1.69. The molecule has 1 fully saturated rings. The fourth-order valence-corrected chi connectivity index (χ4v) is 1.81. The monoisotopic (exact) mass is 217 g/mol. The lowest BCUT2D eigenvalue weighted by molar-refractivity contribution is 0.0583. The fourth-order valence-electron chi connectivity index (χ4n) is 1.81. The van der Waals surface area contributed by atoms with Gasteiger partial charge in [0.2, 0.25) is 0 Å². The van der Waals surface area contributed by atoms with Gasteiger partial charge in [0, 0.05) is 24.8 Å². The third-order valence-electron chi connectivity index (χ3n) is 2.70. The lowest BCUT2D eigenvalue weighted by atomic mass is 9.89. The third kappa shape index (κ3) is 2.50. The Kier molecular flexibility index (Phi) is 4.45. The van der Waals surface area contributed by atoms with Gasteiger partial charge in [-0.2, -0.15) is 0 Å². The van der Waals surface area contributed by atoms with Crippen molar-refractivity contribution < 1.29 is 9.15 Å². The van der Waals surface area contributed by atoms with Gasteiger partial charge in [-0.25, -0.2) is 0 Å². The van der Waals surface area contributed by atoms with Crippen LogP contribution in [0.1, 0.15) is 24.4 Å². The molecule has 4 heteroatoms. The molecule has 0 bridgehead atoms. The van der Waals surface area contributed by atoms with Crippen molar-refractivity contribution in [1.29, 1.82) is 0 Å². The summed E-state index contributed by atoms with van der Waals surface area (Å²) in [5.41, 5.74) is 7.20. The summed E-state index contributed by atoms with van der Waals surface area (Å²) >= 11 is 0. The number of hydrogen-bond donors (Lipinski definition) is 1. The lowest BCUT2D eigenvalue weighted by Crippen LogP contribution is -2.27. The Hall–Kier alpha value is -0.510. The zero-order valence-corrected chi connectivity index (χ0v) is 8.83. The van der Waals surface area contributed by atoms with Crippen LogP contribution in [0.4, 0.5) is 0 Å². The summed E-state index contributed by atoms with van der Waals surface area (Å²) in [5.74, 6) is 0.548. The molecule has 0 unspecified atom stereocenters. The first kappa shape index (κ1) is 11.6. The van der Waals surface area contributed by atoms with Crippen LogP contribution in [0.25, 0.3) is 0 Å². The van der Waals surface area contributed by atoms with E-state index in [0.717, 1.165) is 31.6 Å². The summed E-state index contributed by atoms with van der Waals surface area (Å²) in [7, 11) is 0. The minimum absolute atomic E-state index is 0. The second-order valence-electron chi connectivity index (χ2n) is 3.53. The van der Waals surface area contributed by atoms with Gasteiger partial charge >= 0.3 is 0 Å². The highest BCUT2D eigenvalue weighted by atomic mass is 35.5. The average molecular weight is 218 g/mol. The summed E-state index contributed by atoms with van der Waals surface area (Å²) < 4.78 is 10.3. The van der Waals surface area contributed by atoms with Crippen LogP contribution in [0.5, 0.6) is 0 Å². The zero-order chi connectivity index (χ0) is 9.10. The number of ether oxygens (including phenoxy) is 1. The minimum atomic E-state index is 0. The van der Waals surface area contributed by atoms with Crippen LogP contribution < -0.4 is 5.73 Å². The van der Waals surface area contributed by atoms with Crippen molar-refractivity contribution in [2.24, 2.45) is 11.7 Å². The van der Waals surface area contributed by atoms with Gasteiger partial charge in [-0.05, 0) is 24.8 Å². The van der Waals surface area contributed by atoms with E-state index in [4.69, 9.17) is 14.9 Å². The zero-order valence-electron chi connectivity index (χ0n) is 8.02. The average Bonchev–Trinajstić information content (AvgIpc) is 2.71. The molecule has 1 aromatic rings. The normalized spacial score (nSPS) is 20.1. The van der Waals surface area contributed by atoms with E-state index in [0.29, 0.717) is 5.92 Å². The molecule has 1 aliphatic rings. The van der Waals surface area contributed by atoms with Gasteiger partial charge in [-0.15, -0.1) is 12.4 Å². The molecule has 0 amide bonds. The van der Waals surface area contributed by atoms with Crippen molar-refractivity contribution in [2.45, 2.75) is 18.9 Å². The van der Waals surface area contributed by atoms with Gasteiger partial charge in [0.15, 0.2) is 0 Å². The highest BCUT2D eigenvalue weighted by molar-refractivity contribution is 5.85. The molecule has 0 radical (unpaired) electrons. The maximum atomic E-state index is 6.10. The molecule has 1 aromatic heterocycles. The first-order valence-electron chi connectivity index (χ1n) is 4.73. The van der Waals surface area contributed by atoms with Crippen molar-refractivity contribution in [3.05, 3.63) is 24.2 Å². The maximum Gasteiger partial charge on any atom is 0.0950 e. The van der Waals surface area contributed by atoms with Crippen LogP contribution in [-0.4, -0.2) is 13.2 Å². The third-order valence-corrected chi connectivity index (χ3v) is 2.70. The van der Waals surface area contributed by atoms with Crippen LogP contribution in [0.3, 0.4) is 0 Å². The molecule has 0 aromatic carbocycles. The van der Waals surface area contributed by atoms with E-state index in [1.165, 1.54) is 0 Å². The first-order chi connectivity index (χ1) is 6.38. The molecule has 0 saturated carbocycles. The smallest absolute Gasteiger partial charge is 0.0950 e. The topological polar surface area (TPSA) is 48.4 Å². The number of rotatable bonds is 2. The molecule has 2 rings (SSSR count). The van der Waals surface area contributed by atoms with Crippen molar-refractivity contribution in [1.82, 2.24) is 0 Å². The van der Waals surface area contributed by atoms with E-state index in [-0.39, 0.29) is 18.4 Å². The predicted molar refractivity (Wildman–Crippen MR) is 56.4 cm³/mol. The van der Waals surface area contributed by atoms with Gasteiger partial charge in [0.25, 0.3) is 0 Å². The molecule has 80 valence electrons. The van der Waals surface area contributed by atoms with Crippen molar-refractivity contribution in [3.63, 3.8) is 0 Å². The van der Waals surface area contributed by atoms with Crippen LogP contribution in [0, 0.1) is 5.92 Å². The Morgan fingerprint density at radius 1 is 1.36 bits per heavy atom. The fraction of sp³-hybridized carbons (Fsp3) is 0.600. The highest BCUT2D eigenvalue weighted by Crippen LogP contribution is 2.27. The number of furan rings is 1. The van der Waals surface area contributed by atoms with Gasteiger partial charge in [0.1, 0.15) is 0 Å². The highest BCUT2D eigenvalue weighted by Gasteiger charge is 2.22. The molecule has 1 saturated heterocycles. The van der Waals surface area contributed by atoms with E-state index in [1.807, 2.05) is 6.07 Å². The standard InChI is InChI=1S/C10H15NO2.ClH/c11-10(9-3-6-13-7-9)8-1-4-12-5-2-8;/h3,6-8,10H,1-2,4-5,11H2;1H/t10-;/m0./s1. The molecule has 14 heavy (non-hydrogen) atoms. The largest absolute Gasteiger partial charge is 0.472 e. The lowest BCUT2D eigenvalue weighted by Gasteiger charge is -2.26. The van der Waals surface area contributed by atoms with Crippen LogP contribution in [0.15, 0.2) is 23.0 Å². The molecule has 1 atom stereocenters. The second kappa shape index (κ2) is 5.39. The van der Waals surface area contributed by atoms with E-state index < -0.39 is 0 Å². The van der Waals surface area contributed by atoms with Crippen molar-refractivity contribution in [2.75, 3.05) is 13.2 Å². The Bertz CT molecular complexity index is 245.